The molecule has 5 heteroatoms. The molecule has 120 valence electrons. The zero-order valence-corrected chi connectivity index (χ0v) is 13.9. The van der Waals surface area contributed by atoms with Crippen LogP contribution in [0.15, 0.2) is 18.2 Å². The molecular formula is C17H23ClN2O2. The van der Waals surface area contributed by atoms with Gasteiger partial charge < -0.3 is 10.2 Å². The molecule has 0 saturated carbocycles. The fourth-order valence-electron chi connectivity index (χ4n) is 3.03. The molecule has 1 aromatic carbocycles. The van der Waals surface area contributed by atoms with Crippen molar-refractivity contribution in [3.05, 3.63) is 34.3 Å². The second-order valence-corrected chi connectivity index (χ2v) is 6.27. The lowest BCUT2D eigenvalue weighted by Crippen LogP contribution is -2.32. The van der Waals surface area contributed by atoms with Crippen molar-refractivity contribution in [2.24, 2.45) is 0 Å². The first-order chi connectivity index (χ1) is 10.5. The Morgan fingerprint density at radius 1 is 1.45 bits per heavy atom. The van der Waals surface area contributed by atoms with E-state index in [1.807, 2.05) is 30.9 Å². The Labute approximate surface area is 136 Å². The molecule has 1 aliphatic heterocycles. The average molecular weight is 323 g/mol. The molecule has 1 N–H and O–H groups in total. The fourth-order valence-corrected chi connectivity index (χ4v) is 3.21. The van der Waals surface area contributed by atoms with Gasteiger partial charge in [0, 0.05) is 24.5 Å². The molecule has 0 spiro atoms. The van der Waals surface area contributed by atoms with Gasteiger partial charge in [-0.15, -0.1) is 0 Å². The molecule has 1 heterocycles. The van der Waals surface area contributed by atoms with Crippen LogP contribution in [0, 0.1) is 0 Å². The third kappa shape index (κ3) is 4.01. The molecule has 1 aromatic rings. The van der Waals surface area contributed by atoms with Crippen LogP contribution in [-0.4, -0.2) is 30.3 Å². The highest BCUT2D eigenvalue weighted by Gasteiger charge is 2.24. The van der Waals surface area contributed by atoms with E-state index in [1.54, 1.807) is 0 Å². The van der Waals surface area contributed by atoms with Crippen LogP contribution in [0.4, 0.5) is 0 Å². The Bertz CT molecular complexity index is 539. The van der Waals surface area contributed by atoms with Crippen LogP contribution < -0.4 is 5.32 Å². The van der Waals surface area contributed by atoms with Gasteiger partial charge in [-0.25, -0.2) is 0 Å². The molecule has 1 saturated heterocycles. The van der Waals surface area contributed by atoms with Crippen LogP contribution >= 0.6 is 11.6 Å². The zero-order valence-electron chi connectivity index (χ0n) is 13.1. The SMILES string of the molecule is CCC(=O)NC(C)c1cc(Cl)ccc1C1CCN(C=O)CC1. The number of rotatable bonds is 5. The molecule has 1 fully saturated rings. The molecule has 0 aromatic heterocycles. The minimum atomic E-state index is -0.0646. The quantitative estimate of drug-likeness (QED) is 0.846. The summed E-state index contributed by atoms with van der Waals surface area (Å²) in [5.41, 5.74) is 2.32. The summed E-state index contributed by atoms with van der Waals surface area (Å²) in [5, 5.41) is 3.69. The third-order valence-electron chi connectivity index (χ3n) is 4.33. The number of nitrogens with one attached hydrogen (secondary N) is 1. The van der Waals surface area contributed by atoms with Crippen molar-refractivity contribution < 1.29 is 9.59 Å². The number of hydrogen-bond donors (Lipinski definition) is 1. The van der Waals surface area contributed by atoms with Gasteiger partial charge in [-0.05, 0) is 48.9 Å². The van der Waals surface area contributed by atoms with Gasteiger partial charge in [-0.1, -0.05) is 24.6 Å². The highest BCUT2D eigenvalue weighted by atomic mass is 35.5. The molecule has 0 bridgehead atoms. The van der Waals surface area contributed by atoms with E-state index >= 15 is 0 Å². The van der Waals surface area contributed by atoms with Crippen LogP contribution in [0.25, 0.3) is 0 Å². The first kappa shape index (κ1) is 16.8. The summed E-state index contributed by atoms with van der Waals surface area (Å²) in [4.78, 5) is 24.3. The fraction of sp³-hybridized carbons (Fsp3) is 0.529. The van der Waals surface area contributed by atoms with Crippen molar-refractivity contribution in [2.45, 2.75) is 45.1 Å². The minimum Gasteiger partial charge on any atom is -0.350 e. The van der Waals surface area contributed by atoms with E-state index in [0.29, 0.717) is 17.4 Å². The predicted octanol–water partition coefficient (Wildman–Crippen LogP) is 3.26. The van der Waals surface area contributed by atoms with Crippen LogP contribution in [0.3, 0.4) is 0 Å². The molecular weight excluding hydrogens is 300 g/mol. The van der Waals surface area contributed by atoms with E-state index in [1.165, 1.54) is 5.56 Å². The molecule has 0 aliphatic carbocycles. The van der Waals surface area contributed by atoms with Gasteiger partial charge in [0.2, 0.25) is 12.3 Å². The molecule has 1 unspecified atom stereocenters. The number of carbonyl (C=O) groups is 2. The maximum atomic E-state index is 11.7. The second-order valence-electron chi connectivity index (χ2n) is 5.83. The third-order valence-corrected chi connectivity index (χ3v) is 4.57. The van der Waals surface area contributed by atoms with Crippen LogP contribution in [0.1, 0.15) is 56.2 Å². The highest BCUT2D eigenvalue weighted by molar-refractivity contribution is 6.30. The lowest BCUT2D eigenvalue weighted by atomic mass is 9.85. The molecule has 0 radical (unpaired) electrons. The maximum Gasteiger partial charge on any atom is 0.220 e. The normalized spacial score (nSPS) is 17.1. The molecule has 2 amide bonds. The van der Waals surface area contributed by atoms with Gasteiger partial charge in [0.15, 0.2) is 0 Å². The van der Waals surface area contributed by atoms with Crippen LogP contribution in [0.5, 0.6) is 0 Å². The Morgan fingerprint density at radius 2 is 2.14 bits per heavy atom. The number of halogens is 1. The van der Waals surface area contributed by atoms with Crippen molar-refractivity contribution in [1.29, 1.82) is 0 Å². The van der Waals surface area contributed by atoms with E-state index in [9.17, 15) is 9.59 Å². The van der Waals surface area contributed by atoms with E-state index in [2.05, 4.69) is 11.4 Å². The Hall–Kier alpha value is -1.55. The average Bonchev–Trinajstić information content (AvgIpc) is 2.54. The van der Waals surface area contributed by atoms with E-state index in [-0.39, 0.29) is 11.9 Å². The Morgan fingerprint density at radius 3 is 2.73 bits per heavy atom. The van der Waals surface area contributed by atoms with Crippen molar-refractivity contribution in [2.75, 3.05) is 13.1 Å². The summed E-state index contributed by atoms with van der Waals surface area (Å²) in [7, 11) is 0. The number of nitrogens with zero attached hydrogens (tertiary/aromatic N) is 1. The van der Waals surface area contributed by atoms with E-state index < -0.39 is 0 Å². The number of benzene rings is 1. The lowest BCUT2D eigenvalue weighted by molar-refractivity contribution is -0.121. The molecule has 22 heavy (non-hydrogen) atoms. The highest BCUT2D eigenvalue weighted by Crippen LogP contribution is 2.34. The van der Waals surface area contributed by atoms with Gasteiger partial charge in [-0.3, -0.25) is 9.59 Å². The first-order valence-electron chi connectivity index (χ1n) is 7.83. The number of amides is 2. The predicted molar refractivity (Wildman–Crippen MR) is 87.9 cm³/mol. The van der Waals surface area contributed by atoms with Gasteiger partial charge in [0.25, 0.3) is 0 Å². The maximum absolute atomic E-state index is 11.7. The number of piperidine rings is 1. The Balaban J connectivity index is 2.20. The van der Waals surface area contributed by atoms with E-state index in [0.717, 1.165) is 37.9 Å². The number of carbonyl (C=O) groups excluding carboxylic acids is 2. The topological polar surface area (TPSA) is 49.4 Å². The van der Waals surface area contributed by atoms with Crippen molar-refractivity contribution in [3.63, 3.8) is 0 Å². The largest absolute Gasteiger partial charge is 0.350 e. The summed E-state index contributed by atoms with van der Waals surface area (Å²) >= 11 is 6.15. The minimum absolute atomic E-state index is 0.0363. The molecule has 1 aliphatic rings. The number of hydrogen-bond acceptors (Lipinski definition) is 2. The second kappa shape index (κ2) is 7.63. The monoisotopic (exact) mass is 322 g/mol. The van der Waals surface area contributed by atoms with Gasteiger partial charge in [0.05, 0.1) is 6.04 Å². The van der Waals surface area contributed by atoms with Crippen LogP contribution in [0.2, 0.25) is 5.02 Å². The zero-order chi connectivity index (χ0) is 16.1. The molecule has 4 nitrogen and oxygen atoms in total. The van der Waals surface area contributed by atoms with Crippen molar-refractivity contribution in [3.8, 4) is 0 Å². The molecule has 2 rings (SSSR count). The number of likely N-dealkylation sites (tertiary alicyclic amines) is 1. The standard InChI is InChI=1S/C17H23ClN2O2/c1-3-17(22)19-12(2)16-10-14(18)4-5-15(16)13-6-8-20(11-21)9-7-13/h4-5,10-13H,3,6-9H2,1-2H3,(H,19,22). The first-order valence-corrected chi connectivity index (χ1v) is 8.21. The summed E-state index contributed by atoms with van der Waals surface area (Å²) in [6.07, 6.45) is 3.28. The lowest BCUT2D eigenvalue weighted by Gasteiger charge is -2.31. The van der Waals surface area contributed by atoms with Crippen molar-refractivity contribution >= 4 is 23.9 Å². The van der Waals surface area contributed by atoms with E-state index in [4.69, 9.17) is 11.6 Å². The van der Waals surface area contributed by atoms with Gasteiger partial charge >= 0.3 is 0 Å². The van der Waals surface area contributed by atoms with Crippen molar-refractivity contribution in [1.82, 2.24) is 10.2 Å². The molecule has 1 atom stereocenters. The van der Waals surface area contributed by atoms with Gasteiger partial charge in [0.1, 0.15) is 0 Å². The van der Waals surface area contributed by atoms with Gasteiger partial charge in [-0.2, -0.15) is 0 Å². The summed E-state index contributed by atoms with van der Waals surface area (Å²) < 4.78 is 0. The summed E-state index contributed by atoms with van der Waals surface area (Å²) in [6, 6.07) is 5.85. The van der Waals surface area contributed by atoms with Crippen LogP contribution in [-0.2, 0) is 9.59 Å². The smallest absolute Gasteiger partial charge is 0.220 e. The summed E-state index contributed by atoms with van der Waals surface area (Å²) in [5.74, 6) is 0.443. The summed E-state index contributed by atoms with van der Waals surface area (Å²) in [6.45, 7) is 5.40. The Kier molecular flexibility index (Phi) is 5.83.